The predicted octanol–water partition coefficient (Wildman–Crippen LogP) is 2.49. The molecule has 8 nitrogen and oxygen atoms in total. The molecule has 0 bridgehead atoms. The van der Waals surface area contributed by atoms with Gasteiger partial charge in [-0.1, -0.05) is 12.1 Å². The second-order valence-corrected chi connectivity index (χ2v) is 7.79. The van der Waals surface area contributed by atoms with Gasteiger partial charge in [-0.25, -0.2) is 0 Å². The zero-order valence-electron chi connectivity index (χ0n) is 18.0. The number of aryl methyl sites for hydroxylation is 2. The molecule has 162 valence electrons. The van der Waals surface area contributed by atoms with Crippen LogP contribution in [0.1, 0.15) is 29.6 Å². The lowest BCUT2D eigenvalue weighted by molar-refractivity contribution is 0.102. The highest BCUT2D eigenvalue weighted by Gasteiger charge is 2.21. The minimum Gasteiger partial charge on any atom is -0.496 e. The standard InChI is InChI=1S/C23H26N4O4/c1-25-18-13-16(24-21(28)15-9-5-6-10-20(15)31-3)17(27-11-7-4-8-12-27)14-19(18)26(2)23(30)22(25)29/h5-6,9-10,13-14H,4,7-8,11-12H2,1-3H3,(H,24,28). The monoisotopic (exact) mass is 422 g/mol. The quantitative estimate of drug-likeness (QED) is 0.653. The van der Waals surface area contributed by atoms with Crippen LogP contribution in [0.5, 0.6) is 5.75 Å². The number of nitrogens with zero attached hydrogens (tertiary/aromatic N) is 3. The highest BCUT2D eigenvalue weighted by atomic mass is 16.5. The number of aromatic nitrogens is 2. The molecule has 0 saturated carbocycles. The van der Waals surface area contributed by atoms with Crippen molar-refractivity contribution in [3.05, 3.63) is 62.7 Å². The van der Waals surface area contributed by atoms with Crippen molar-refractivity contribution in [1.29, 1.82) is 0 Å². The van der Waals surface area contributed by atoms with Crippen LogP contribution in [0.2, 0.25) is 0 Å². The van der Waals surface area contributed by atoms with Gasteiger partial charge in [-0.15, -0.1) is 0 Å². The van der Waals surface area contributed by atoms with Crippen molar-refractivity contribution in [3.8, 4) is 5.75 Å². The fourth-order valence-corrected chi connectivity index (χ4v) is 4.13. The summed E-state index contributed by atoms with van der Waals surface area (Å²) in [6.45, 7) is 1.73. The number of anilines is 2. The molecule has 0 atom stereocenters. The summed E-state index contributed by atoms with van der Waals surface area (Å²) < 4.78 is 8.03. The number of hydrogen-bond donors (Lipinski definition) is 1. The Bertz CT molecular complexity index is 1270. The Morgan fingerprint density at radius 3 is 2.19 bits per heavy atom. The van der Waals surface area contributed by atoms with Crippen molar-refractivity contribution in [3.63, 3.8) is 0 Å². The van der Waals surface area contributed by atoms with E-state index in [-0.39, 0.29) is 5.91 Å². The fourth-order valence-electron chi connectivity index (χ4n) is 4.13. The zero-order chi connectivity index (χ0) is 22.1. The smallest absolute Gasteiger partial charge is 0.316 e. The number of benzene rings is 2. The molecule has 2 heterocycles. The number of fused-ring (bicyclic) bond motifs is 1. The van der Waals surface area contributed by atoms with Crippen LogP contribution < -0.4 is 26.1 Å². The van der Waals surface area contributed by atoms with E-state index in [1.807, 2.05) is 6.07 Å². The van der Waals surface area contributed by atoms with Crippen molar-refractivity contribution >= 4 is 28.3 Å². The number of para-hydroxylation sites is 1. The van der Waals surface area contributed by atoms with Crippen molar-refractivity contribution in [2.75, 3.05) is 30.4 Å². The van der Waals surface area contributed by atoms with E-state index in [1.54, 1.807) is 44.4 Å². The molecule has 1 aromatic heterocycles. The number of carbonyl (C=O) groups excluding carboxylic acids is 1. The van der Waals surface area contributed by atoms with Crippen molar-refractivity contribution < 1.29 is 9.53 Å². The van der Waals surface area contributed by atoms with E-state index in [1.165, 1.54) is 22.7 Å². The average molecular weight is 422 g/mol. The van der Waals surface area contributed by atoms with Crippen LogP contribution in [0, 0.1) is 0 Å². The van der Waals surface area contributed by atoms with Crippen molar-refractivity contribution in [2.24, 2.45) is 14.1 Å². The number of ether oxygens (including phenoxy) is 1. The third-order valence-electron chi connectivity index (χ3n) is 5.90. The molecular formula is C23H26N4O4. The number of piperidine rings is 1. The number of rotatable bonds is 4. The summed E-state index contributed by atoms with van der Waals surface area (Å²) >= 11 is 0. The molecule has 0 spiro atoms. The van der Waals surface area contributed by atoms with Crippen LogP contribution in [-0.4, -0.2) is 35.2 Å². The topological polar surface area (TPSA) is 85.6 Å². The fraction of sp³-hybridized carbons (Fsp3) is 0.348. The van der Waals surface area contributed by atoms with Crippen molar-refractivity contribution in [2.45, 2.75) is 19.3 Å². The molecule has 4 rings (SSSR count). The third kappa shape index (κ3) is 3.69. The normalized spacial score (nSPS) is 14.0. The molecule has 8 heteroatoms. The highest BCUT2D eigenvalue weighted by molar-refractivity contribution is 6.08. The maximum Gasteiger partial charge on any atom is 0.316 e. The van der Waals surface area contributed by atoms with Gasteiger partial charge in [-0.05, 0) is 43.5 Å². The SMILES string of the molecule is COc1ccccc1C(=O)Nc1cc2c(cc1N1CCCCC1)n(C)c(=O)c(=O)n2C. The molecule has 2 aromatic carbocycles. The first-order chi connectivity index (χ1) is 14.9. The Hall–Kier alpha value is -3.55. The molecule has 1 fully saturated rings. The van der Waals surface area contributed by atoms with E-state index in [4.69, 9.17) is 4.74 Å². The number of hydrogen-bond acceptors (Lipinski definition) is 5. The average Bonchev–Trinajstić information content (AvgIpc) is 2.81. The molecule has 0 radical (unpaired) electrons. The molecule has 1 N–H and O–H groups in total. The lowest BCUT2D eigenvalue weighted by Gasteiger charge is -2.31. The molecule has 1 aliphatic rings. The maximum absolute atomic E-state index is 13.1. The lowest BCUT2D eigenvalue weighted by Crippen LogP contribution is -2.39. The van der Waals surface area contributed by atoms with Crippen LogP contribution in [0.4, 0.5) is 11.4 Å². The minimum absolute atomic E-state index is 0.301. The number of nitrogens with one attached hydrogen (secondary N) is 1. The Labute approximate surface area is 179 Å². The highest BCUT2D eigenvalue weighted by Crippen LogP contribution is 2.33. The van der Waals surface area contributed by atoms with E-state index < -0.39 is 11.1 Å². The first-order valence-electron chi connectivity index (χ1n) is 10.4. The molecule has 1 amide bonds. The van der Waals surface area contributed by atoms with Crippen LogP contribution >= 0.6 is 0 Å². The summed E-state index contributed by atoms with van der Waals surface area (Å²) in [4.78, 5) is 40.0. The molecule has 0 unspecified atom stereocenters. The maximum atomic E-state index is 13.1. The van der Waals surface area contributed by atoms with Gasteiger partial charge < -0.3 is 24.1 Å². The Morgan fingerprint density at radius 2 is 1.55 bits per heavy atom. The van der Waals surface area contributed by atoms with Crippen LogP contribution in [0.15, 0.2) is 46.0 Å². The van der Waals surface area contributed by atoms with Crippen LogP contribution in [-0.2, 0) is 14.1 Å². The van der Waals surface area contributed by atoms with Crippen molar-refractivity contribution in [1.82, 2.24) is 9.13 Å². The molecule has 0 aliphatic carbocycles. The minimum atomic E-state index is -0.609. The molecule has 31 heavy (non-hydrogen) atoms. The first-order valence-corrected chi connectivity index (χ1v) is 10.4. The number of methoxy groups -OCH3 is 1. The van der Waals surface area contributed by atoms with E-state index in [0.29, 0.717) is 28.0 Å². The summed E-state index contributed by atoms with van der Waals surface area (Å²) in [6.07, 6.45) is 3.29. The first kappa shape index (κ1) is 20.7. The second-order valence-electron chi connectivity index (χ2n) is 7.79. The summed E-state index contributed by atoms with van der Waals surface area (Å²) in [6, 6.07) is 10.7. The Morgan fingerprint density at radius 1 is 0.935 bits per heavy atom. The van der Waals surface area contributed by atoms with Gasteiger partial charge in [0.1, 0.15) is 5.75 Å². The lowest BCUT2D eigenvalue weighted by atomic mass is 10.1. The van der Waals surface area contributed by atoms with Gasteiger partial charge in [0, 0.05) is 27.2 Å². The number of amides is 1. The second kappa shape index (κ2) is 8.29. The largest absolute Gasteiger partial charge is 0.496 e. The predicted molar refractivity (Wildman–Crippen MR) is 121 cm³/mol. The zero-order valence-corrected chi connectivity index (χ0v) is 18.0. The van der Waals surface area contributed by atoms with Crippen LogP contribution in [0.3, 0.4) is 0 Å². The summed E-state index contributed by atoms with van der Waals surface area (Å²) in [7, 11) is 4.69. The molecular weight excluding hydrogens is 396 g/mol. The van der Waals surface area contributed by atoms with Gasteiger partial charge in [-0.3, -0.25) is 14.4 Å². The van der Waals surface area contributed by atoms with Crippen LogP contribution in [0.25, 0.3) is 11.0 Å². The van der Waals surface area contributed by atoms with Gasteiger partial charge in [0.15, 0.2) is 0 Å². The molecule has 1 saturated heterocycles. The molecule has 3 aromatic rings. The summed E-state index contributed by atoms with van der Waals surface area (Å²) in [5.41, 5.74) is 1.88. The Balaban J connectivity index is 1.88. The van der Waals surface area contributed by atoms with E-state index in [9.17, 15) is 14.4 Å². The Kier molecular flexibility index (Phi) is 5.54. The van der Waals surface area contributed by atoms with Gasteiger partial charge in [0.2, 0.25) is 0 Å². The van der Waals surface area contributed by atoms with E-state index >= 15 is 0 Å². The van der Waals surface area contributed by atoms with Gasteiger partial charge in [0.05, 0.1) is 35.1 Å². The van der Waals surface area contributed by atoms with Gasteiger partial charge in [-0.2, -0.15) is 0 Å². The van der Waals surface area contributed by atoms with Gasteiger partial charge in [0.25, 0.3) is 5.91 Å². The summed E-state index contributed by atoms with van der Waals surface area (Å²) in [5.74, 6) is 0.181. The van der Waals surface area contributed by atoms with E-state index in [2.05, 4.69) is 10.2 Å². The van der Waals surface area contributed by atoms with E-state index in [0.717, 1.165) is 31.6 Å². The van der Waals surface area contributed by atoms with Gasteiger partial charge >= 0.3 is 11.1 Å². The molecule has 1 aliphatic heterocycles. The summed E-state index contributed by atoms with van der Waals surface area (Å²) in [5, 5.41) is 3.01. The number of carbonyl (C=O) groups is 1. The third-order valence-corrected chi connectivity index (χ3v) is 5.90.